The van der Waals surface area contributed by atoms with Crippen molar-refractivity contribution >= 4 is 29.4 Å². The van der Waals surface area contributed by atoms with Crippen LogP contribution in [0.3, 0.4) is 0 Å². The van der Waals surface area contributed by atoms with Gasteiger partial charge in [0.2, 0.25) is 5.91 Å². The number of carbonyl (C=O) groups is 3. The normalized spacial score (nSPS) is 19.6. The standard InChI is InChI=1S/C20H26ClN3O3/c1-23(13-15-8-7-9-16(21)12-15)17(25)14-24-18(26)20(22-19(24)27)10-5-3-2-4-6-11-20/h7-9,12H,2-6,10-11,13-14H2,1H3,(H,22,27). The second kappa shape index (κ2) is 8.30. The average Bonchev–Trinajstić information content (AvgIpc) is 2.83. The molecule has 0 radical (unpaired) electrons. The smallest absolute Gasteiger partial charge is 0.325 e. The fourth-order valence-corrected chi connectivity index (χ4v) is 4.13. The minimum atomic E-state index is -0.816. The van der Waals surface area contributed by atoms with Crippen molar-refractivity contribution in [3.8, 4) is 0 Å². The lowest BCUT2D eigenvalue weighted by molar-refractivity contribution is -0.139. The predicted octanol–water partition coefficient (Wildman–Crippen LogP) is 3.33. The van der Waals surface area contributed by atoms with Crippen LogP contribution in [0.2, 0.25) is 5.02 Å². The van der Waals surface area contributed by atoms with E-state index in [1.807, 2.05) is 12.1 Å². The molecule has 146 valence electrons. The molecule has 1 saturated heterocycles. The van der Waals surface area contributed by atoms with Gasteiger partial charge in [0.1, 0.15) is 12.1 Å². The number of rotatable bonds is 4. The van der Waals surface area contributed by atoms with Gasteiger partial charge >= 0.3 is 6.03 Å². The molecule has 1 N–H and O–H groups in total. The number of amides is 4. The molecular weight excluding hydrogens is 366 g/mol. The van der Waals surface area contributed by atoms with Crippen LogP contribution in [0.25, 0.3) is 0 Å². The summed E-state index contributed by atoms with van der Waals surface area (Å²) in [5.74, 6) is -0.528. The number of hydrogen-bond donors (Lipinski definition) is 1. The lowest BCUT2D eigenvalue weighted by atomic mass is 9.84. The Bertz CT molecular complexity index is 729. The van der Waals surface area contributed by atoms with Gasteiger partial charge in [-0.1, -0.05) is 55.8 Å². The van der Waals surface area contributed by atoms with E-state index in [0.717, 1.165) is 36.1 Å². The highest BCUT2D eigenvalue weighted by molar-refractivity contribution is 6.30. The molecule has 2 aliphatic rings. The summed E-state index contributed by atoms with van der Waals surface area (Å²) in [5.41, 5.74) is 0.0792. The molecule has 1 aliphatic heterocycles. The lowest BCUT2D eigenvalue weighted by Gasteiger charge is -2.28. The summed E-state index contributed by atoms with van der Waals surface area (Å²) in [6.07, 6.45) is 6.47. The molecule has 27 heavy (non-hydrogen) atoms. The van der Waals surface area contributed by atoms with Crippen LogP contribution in [0, 0.1) is 0 Å². The number of urea groups is 1. The van der Waals surface area contributed by atoms with Crippen molar-refractivity contribution in [3.63, 3.8) is 0 Å². The van der Waals surface area contributed by atoms with Crippen LogP contribution < -0.4 is 5.32 Å². The number of carbonyl (C=O) groups excluding carboxylic acids is 3. The zero-order chi connectivity index (χ0) is 19.4. The van der Waals surface area contributed by atoms with Crippen molar-refractivity contribution in [1.29, 1.82) is 0 Å². The van der Waals surface area contributed by atoms with Gasteiger partial charge in [-0.2, -0.15) is 0 Å². The van der Waals surface area contributed by atoms with Crippen LogP contribution in [0.4, 0.5) is 4.79 Å². The van der Waals surface area contributed by atoms with Crippen LogP contribution >= 0.6 is 11.6 Å². The molecule has 0 bridgehead atoms. The Morgan fingerprint density at radius 2 is 1.85 bits per heavy atom. The first-order valence-corrected chi connectivity index (χ1v) is 9.92. The monoisotopic (exact) mass is 391 g/mol. The summed E-state index contributed by atoms with van der Waals surface area (Å²) in [6, 6.07) is 6.82. The Morgan fingerprint density at radius 3 is 2.52 bits per heavy atom. The van der Waals surface area contributed by atoms with Crippen LogP contribution in [0.15, 0.2) is 24.3 Å². The topological polar surface area (TPSA) is 69.7 Å². The Labute approximate surface area is 164 Å². The number of halogens is 1. The van der Waals surface area contributed by atoms with E-state index in [1.165, 1.54) is 11.3 Å². The van der Waals surface area contributed by atoms with Crippen LogP contribution in [-0.2, 0) is 16.1 Å². The van der Waals surface area contributed by atoms with E-state index in [9.17, 15) is 14.4 Å². The number of likely N-dealkylation sites (N-methyl/N-ethyl adjacent to an activating group) is 1. The van der Waals surface area contributed by atoms with Gasteiger partial charge in [-0.25, -0.2) is 4.79 Å². The molecule has 3 rings (SSSR count). The molecule has 1 spiro atoms. The molecule has 0 atom stereocenters. The maximum absolute atomic E-state index is 13.0. The second-order valence-corrected chi connectivity index (χ2v) is 7.99. The molecule has 1 aliphatic carbocycles. The molecule has 1 aromatic carbocycles. The van der Waals surface area contributed by atoms with Crippen molar-refractivity contribution in [2.75, 3.05) is 13.6 Å². The predicted molar refractivity (Wildman–Crippen MR) is 103 cm³/mol. The number of hydrogen-bond acceptors (Lipinski definition) is 3. The van der Waals surface area contributed by atoms with E-state index in [2.05, 4.69) is 5.32 Å². The SMILES string of the molecule is CN(Cc1cccc(Cl)c1)C(=O)CN1C(=O)NC2(CCCCCCC2)C1=O. The molecule has 4 amide bonds. The summed E-state index contributed by atoms with van der Waals surface area (Å²) in [7, 11) is 1.66. The fourth-order valence-electron chi connectivity index (χ4n) is 3.92. The minimum Gasteiger partial charge on any atom is -0.340 e. The minimum absolute atomic E-state index is 0.233. The van der Waals surface area contributed by atoms with Crippen molar-refractivity contribution in [1.82, 2.24) is 15.1 Å². The molecule has 0 unspecified atom stereocenters. The molecule has 1 heterocycles. The molecular formula is C20H26ClN3O3. The van der Waals surface area contributed by atoms with Gasteiger partial charge in [0, 0.05) is 18.6 Å². The van der Waals surface area contributed by atoms with Crippen LogP contribution in [-0.4, -0.2) is 46.8 Å². The quantitative estimate of drug-likeness (QED) is 0.800. The molecule has 1 saturated carbocycles. The van der Waals surface area contributed by atoms with E-state index in [4.69, 9.17) is 11.6 Å². The molecule has 1 aromatic rings. The van der Waals surface area contributed by atoms with Crippen molar-refractivity contribution in [2.24, 2.45) is 0 Å². The molecule has 0 aromatic heterocycles. The van der Waals surface area contributed by atoms with Gasteiger partial charge in [0.15, 0.2) is 0 Å². The number of nitrogens with one attached hydrogen (secondary N) is 1. The van der Waals surface area contributed by atoms with E-state index >= 15 is 0 Å². The summed E-state index contributed by atoms with van der Waals surface area (Å²) >= 11 is 5.98. The number of benzene rings is 1. The van der Waals surface area contributed by atoms with E-state index < -0.39 is 11.6 Å². The first kappa shape index (κ1) is 19.7. The first-order valence-electron chi connectivity index (χ1n) is 9.54. The Balaban J connectivity index is 1.64. The zero-order valence-electron chi connectivity index (χ0n) is 15.7. The van der Waals surface area contributed by atoms with Crippen molar-refractivity contribution in [3.05, 3.63) is 34.9 Å². The van der Waals surface area contributed by atoms with Gasteiger partial charge in [-0.3, -0.25) is 14.5 Å². The Kier molecular flexibility index (Phi) is 6.05. The first-order chi connectivity index (χ1) is 12.9. The summed E-state index contributed by atoms with van der Waals surface area (Å²) in [5, 5.41) is 3.49. The van der Waals surface area contributed by atoms with Crippen LogP contribution in [0.5, 0.6) is 0 Å². The summed E-state index contributed by atoms with van der Waals surface area (Å²) in [4.78, 5) is 40.6. The average molecular weight is 392 g/mol. The Hall–Kier alpha value is -2.08. The van der Waals surface area contributed by atoms with E-state index in [1.54, 1.807) is 19.2 Å². The second-order valence-electron chi connectivity index (χ2n) is 7.55. The number of imide groups is 1. The maximum Gasteiger partial charge on any atom is 0.325 e. The molecule has 6 nitrogen and oxygen atoms in total. The van der Waals surface area contributed by atoms with Crippen LogP contribution in [0.1, 0.15) is 50.5 Å². The van der Waals surface area contributed by atoms with Gasteiger partial charge in [0.25, 0.3) is 5.91 Å². The largest absolute Gasteiger partial charge is 0.340 e. The molecule has 7 heteroatoms. The van der Waals surface area contributed by atoms with Gasteiger partial charge in [0.05, 0.1) is 0 Å². The highest BCUT2D eigenvalue weighted by atomic mass is 35.5. The van der Waals surface area contributed by atoms with E-state index in [-0.39, 0.29) is 18.4 Å². The Morgan fingerprint density at radius 1 is 1.19 bits per heavy atom. The fraction of sp³-hybridized carbons (Fsp3) is 0.550. The van der Waals surface area contributed by atoms with Gasteiger partial charge in [-0.15, -0.1) is 0 Å². The van der Waals surface area contributed by atoms with Crippen molar-refractivity contribution < 1.29 is 14.4 Å². The highest BCUT2D eigenvalue weighted by Crippen LogP contribution is 2.32. The highest BCUT2D eigenvalue weighted by Gasteiger charge is 2.50. The third-order valence-corrected chi connectivity index (χ3v) is 5.72. The third kappa shape index (κ3) is 4.43. The summed E-state index contributed by atoms with van der Waals surface area (Å²) < 4.78 is 0. The van der Waals surface area contributed by atoms with Crippen molar-refractivity contribution in [2.45, 2.75) is 57.0 Å². The zero-order valence-corrected chi connectivity index (χ0v) is 16.4. The van der Waals surface area contributed by atoms with E-state index in [0.29, 0.717) is 24.4 Å². The van der Waals surface area contributed by atoms with Gasteiger partial charge in [-0.05, 0) is 30.5 Å². The van der Waals surface area contributed by atoms with Gasteiger partial charge < -0.3 is 10.2 Å². The lowest BCUT2D eigenvalue weighted by Crippen LogP contribution is -2.48. The maximum atomic E-state index is 13.0. The third-order valence-electron chi connectivity index (χ3n) is 5.48. The summed E-state index contributed by atoms with van der Waals surface area (Å²) in [6.45, 7) is 0.137. The number of nitrogens with zero attached hydrogens (tertiary/aromatic N) is 2. The molecule has 2 fully saturated rings.